The second-order valence-electron chi connectivity index (χ2n) is 7.67. The lowest BCUT2D eigenvalue weighted by Gasteiger charge is -2.32. The Labute approximate surface area is 186 Å². The molecule has 4 N–H and O–H groups in total. The van der Waals surface area contributed by atoms with E-state index < -0.39 is 6.29 Å². The number of nitrogen functional groups attached to an aromatic ring is 1. The molecule has 7 nitrogen and oxygen atoms in total. The zero-order valence-electron chi connectivity index (χ0n) is 17.9. The van der Waals surface area contributed by atoms with Gasteiger partial charge in [0.15, 0.2) is 6.29 Å². The average Bonchev–Trinajstić information content (AvgIpc) is 3.31. The van der Waals surface area contributed by atoms with Crippen molar-refractivity contribution in [2.45, 2.75) is 51.4 Å². The smallest absolute Gasteiger partial charge is 0.260 e. The van der Waals surface area contributed by atoms with Crippen LogP contribution in [0.2, 0.25) is 0 Å². The van der Waals surface area contributed by atoms with Crippen molar-refractivity contribution in [1.82, 2.24) is 5.16 Å². The van der Waals surface area contributed by atoms with Crippen LogP contribution in [0.3, 0.4) is 0 Å². The highest BCUT2D eigenvalue weighted by atomic mass is 19.1. The molecule has 3 rings (SSSR count). The monoisotopic (exact) mass is 441 g/mol. The van der Waals surface area contributed by atoms with E-state index in [1.165, 1.54) is 18.4 Å². The van der Waals surface area contributed by atoms with Gasteiger partial charge in [0.2, 0.25) is 0 Å². The minimum atomic E-state index is -1.34. The van der Waals surface area contributed by atoms with Crippen LogP contribution in [0.5, 0.6) is 0 Å². The van der Waals surface area contributed by atoms with Crippen molar-refractivity contribution in [2.24, 2.45) is 0 Å². The van der Waals surface area contributed by atoms with E-state index in [1.807, 2.05) is 6.92 Å². The lowest BCUT2D eigenvalue weighted by Crippen LogP contribution is -2.40. The molecule has 1 heterocycles. The van der Waals surface area contributed by atoms with Crippen LogP contribution < -0.4 is 10.6 Å². The first-order valence-corrected chi connectivity index (χ1v) is 10.7. The number of nitrogens with two attached hydrogens (primary N) is 1. The Morgan fingerprint density at radius 1 is 1.12 bits per heavy atom. The number of anilines is 2. The molecule has 3 aromatic rings. The van der Waals surface area contributed by atoms with Crippen LogP contribution in [-0.4, -0.2) is 33.6 Å². The van der Waals surface area contributed by atoms with Gasteiger partial charge in [-0.05, 0) is 62.1 Å². The molecule has 0 radical (unpaired) electrons. The maximum absolute atomic E-state index is 13.6. The number of amides is 1. The number of aliphatic hydroxyl groups is 2. The molecular formula is C24H28FN3O4. The molecule has 0 aliphatic rings. The molecule has 0 saturated heterocycles. The molecule has 0 saturated carbocycles. The second kappa shape index (κ2) is 10.9. The van der Waals surface area contributed by atoms with Gasteiger partial charge in [-0.3, -0.25) is 4.79 Å². The van der Waals surface area contributed by atoms with E-state index >= 15 is 0 Å². The summed E-state index contributed by atoms with van der Waals surface area (Å²) in [6.07, 6.45) is 3.05. The van der Waals surface area contributed by atoms with E-state index in [0.29, 0.717) is 48.3 Å². The van der Waals surface area contributed by atoms with Gasteiger partial charge in [-0.25, -0.2) is 4.39 Å². The maximum atomic E-state index is 13.6. The quantitative estimate of drug-likeness (QED) is 0.245. The maximum Gasteiger partial charge on any atom is 0.260 e. The van der Waals surface area contributed by atoms with Crippen LogP contribution in [0.4, 0.5) is 15.8 Å². The van der Waals surface area contributed by atoms with E-state index in [4.69, 9.17) is 20.5 Å². The lowest BCUT2D eigenvalue weighted by atomic mass is 10.0. The van der Waals surface area contributed by atoms with Crippen LogP contribution in [-0.2, 0) is 0 Å². The lowest BCUT2D eigenvalue weighted by molar-refractivity contribution is -0.0466. The number of carbonyl (C=O) groups excluding carboxylic acids is 1. The van der Waals surface area contributed by atoms with Gasteiger partial charge in [0.1, 0.15) is 17.8 Å². The minimum absolute atomic E-state index is 0.168. The largest absolute Gasteiger partial charge is 0.398 e. The van der Waals surface area contributed by atoms with Crippen LogP contribution in [0.1, 0.15) is 49.4 Å². The number of nitrogens with zero attached hydrogens (tertiary/aromatic N) is 2. The third kappa shape index (κ3) is 5.72. The van der Waals surface area contributed by atoms with Gasteiger partial charge in [0, 0.05) is 29.0 Å². The fraction of sp³-hybridized carbons (Fsp3) is 0.333. The van der Waals surface area contributed by atoms with Crippen molar-refractivity contribution >= 4 is 17.3 Å². The highest BCUT2D eigenvalue weighted by Crippen LogP contribution is 2.29. The van der Waals surface area contributed by atoms with E-state index in [2.05, 4.69) is 5.16 Å². The number of halogens is 1. The van der Waals surface area contributed by atoms with Crippen molar-refractivity contribution < 1.29 is 23.9 Å². The number of carbonyl (C=O) groups is 1. The molecule has 1 unspecified atom stereocenters. The number of unbranched alkanes of at least 4 members (excludes halogenated alkanes) is 1. The van der Waals surface area contributed by atoms with Gasteiger partial charge >= 0.3 is 0 Å². The van der Waals surface area contributed by atoms with Crippen LogP contribution >= 0.6 is 0 Å². The molecule has 0 aliphatic carbocycles. The topological polar surface area (TPSA) is 113 Å². The molecule has 0 spiro atoms. The second-order valence-corrected chi connectivity index (χ2v) is 7.67. The molecule has 0 aliphatic heterocycles. The number of aliphatic hydroxyl groups excluding tert-OH is 1. The molecule has 8 heteroatoms. The first-order chi connectivity index (χ1) is 15.4. The molecule has 0 bridgehead atoms. The minimum Gasteiger partial charge on any atom is -0.398 e. The van der Waals surface area contributed by atoms with E-state index in [1.54, 1.807) is 41.3 Å². The fourth-order valence-corrected chi connectivity index (χ4v) is 3.73. The summed E-state index contributed by atoms with van der Waals surface area (Å²) in [4.78, 5) is 15.3. The van der Waals surface area contributed by atoms with E-state index in [9.17, 15) is 9.18 Å². The Morgan fingerprint density at radius 2 is 1.84 bits per heavy atom. The molecule has 32 heavy (non-hydrogen) atoms. The summed E-state index contributed by atoms with van der Waals surface area (Å²) in [5.41, 5.74) is 8.81. The summed E-state index contributed by atoms with van der Waals surface area (Å²) in [7, 11) is 0. The Balaban J connectivity index is 1.90. The summed E-state index contributed by atoms with van der Waals surface area (Å²) in [6, 6.07) is 12.4. The Kier molecular flexibility index (Phi) is 7.97. The van der Waals surface area contributed by atoms with Gasteiger partial charge in [-0.2, -0.15) is 0 Å². The summed E-state index contributed by atoms with van der Waals surface area (Å²) >= 11 is 0. The highest BCUT2D eigenvalue weighted by molar-refractivity contribution is 6.10. The van der Waals surface area contributed by atoms with Crippen molar-refractivity contribution in [3.05, 3.63) is 66.2 Å². The molecule has 1 aromatic heterocycles. The predicted molar refractivity (Wildman–Crippen MR) is 120 cm³/mol. The van der Waals surface area contributed by atoms with E-state index in [-0.39, 0.29) is 24.2 Å². The van der Waals surface area contributed by atoms with Gasteiger partial charge in [-0.15, -0.1) is 0 Å². The zero-order chi connectivity index (χ0) is 23.1. The molecule has 170 valence electrons. The van der Waals surface area contributed by atoms with Crippen molar-refractivity contribution in [3.63, 3.8) is 0 Å². The summed E-state index contributed by atoms with van der Waals surface area (Å²) in [6.45, 7) is 1.98. The zero-order valence-corrected chi connectivity index (χ0v) is 17.9. The average molecular weight is 442 g/mol. The number of hydrogen-bond acceptors (Lipinski definition) is 6. The Morgan fingerprint density at radius 3 is 2.44 bits per heavy atom. The van der Waals surface area contributed by atoms with Crippen LogP contribution in [0.15, 0.2) is 59.3 Å². The number of rotatable bonds is 10. The summed E-state index contributed by atoms with van der Waals surface area (Å²) < 4.78 is 18.4. The SMILES string of the molecule is CCC(CCCCC(O)O)N(C(=O)c1ccc(-c2ccon2)cc1N)c1ccc(F)cc1. The van der Waals surface area contributed by atoms with Crippen molar-refractivity contribution in [2.75, 3.05) is 10.6 Å². The highest BCUT2D eigenvalue weighted by Gasteiger charge is 2.27. The molecular weight excluding hydrogens is 413 g/mol. The molecule has 1 amide bonds. The molecule has 2 aromatic carbocycles. The number of aromatic nitrogens is 1. The Hall–Kier alpha value is -3.23. The van der Waals surface area contributed by atoms with E-state index in [0.717, 1.165) is 5.56 Å². The van der Waals surface area contributed by atoms with Crippen molar-refractivity contribution in [1.29, 1.82) is 0 Å². The standard InChI is InChI=1S/C24H28FN3O4/c1-2-18(5-3-4-6-23(29)30)28(19-10-8-17(25)9-11-19)24(31)20-12-7-16(15-21(20)26)22-13-14-32-27-22/h7-15,18,23,29-30H,2-6,26H2,1H3. The molecule has 0 fully saturated rings. The summed E-state index contributed by atoms with van der Waals surface area (Å²) in [5.74, 6) is -0.669. The Bertz CT molecular complexity index is 1010. The number of hydrogen-bond donors (Lipinski definition) is 3. The third-order valence-corrected chi connectivity index (χ3v) is 5.43. The van der Waals surface area contributed by atoms with Gasteiger partial charge in [-0.1, -0.05) is 24.6 Å². The molecule has 1 atom stereocenters. The van der Waals surface area contributed by atoms with Gasteiger partial charge in [0.05, 0.1) is 5.56 Å². The van der Waals surface area contributed by atoms with Gasteiger partial charge in [0.25, 0.3) is 5.91 Å². The first-order valence-electron chi connectivity index (χ1n) is 10.7. The predicted octanol–water partition coefficient (Wildman–Crippen LogP) is 4.36. The fourth-order valence-electron chi connectivity index (χ4n) is 3.73. The third-order valence-electron chi connectivity index (χ3n) is 5.43. The van der Waals surface area contributed by atoms with Crippen molar-refractivity contribution in [3.8, 4) is 11.3 Å². The van der Waals surface area contributed by atoms with Crippen LogP contribution in [0.25, 0.3) is 11.3 Å². The van der Waals surface area contributed by atoms with Crippen LogP contribution in [0, 0.1) is 5.82 Å². The van der Waals surface area contributed by atoms with Gasteiger partial charge < -0.3 is 25.4 Å². The number of benzene rings is 2. The first kappa shape index (κ1) is 23.4. The summed E-state index contributed by atoms with van der Waals surface area (Å²) in [5, 5.41) is 22.0. The normalized spacial score (nSPS) is 12.2.